The topological polar surface area (TPSA) is 58.7 Å². The molecular weight excluding hydrogens is 448 g/mol. The Hall–Kier alpha value is -4.45. The van der Waals surface area contributed by atoms with Gasteiger partial charge in [0.25, 0.3) is 0 Å². The lowest BCUT2D eigenvalue weighted by atomic mass is 10.0. The van der Waals surface area contributed by atoms with Crippen molar-refractivity contribution in [3.05, 3.63) is 90.6 Å². The maximum absolute atomic E-state index is 5.42. The Morgan fingerprint density at radius 1 is 0.750 bits per heavy atom. The van der Waals surface area contributed by atoms with Crippen LogP contribution in [0.1, 0.15) is 5.69 Å². The van der Waals surface area contributed by atoms with Gasteiger partial charge in [0.1, 0.15) is 11.5 Å². The molecule has 0 aliphatic rings. The zero-order valence-electron chi connectivity index (χ0n) is 21.0. The number of fused-ring (bicyclic) bond motifs is 3. The number of aromatic nitrogens is 1. The molecule has 0 amide bonds. The summed E-state index contributed by atoms with van der Waals surface area (Å²) < 4.78 is 10.8. The molecule has 4 aromatic carbocycles. The van der Waals surface area contributed by atoms with E-state index in [0.717, 1.165) is 56.2 Å². The van der Waals surface area contributed by atoms with Crippen LogP contribution in [0.3, 0.4) is 0 Å². The van der Waals surface area contributed by atoms with Crippen molar-refractivity contribution in [3.63, 3.8) is 0 Å². The van der Waals surface area contributed by atoms with Crippen LogP contribution in [0, 0.1) is 0 Å². The average Bonchev–Trinajstić information content (AvgIpc) is 2.91. The lowest BCUT2D eigenvalue weighted by Crippen LogP contribution is -2.08. The maximum atomic E-state index is 5.42. The number of ether oxygens (including phenoxy) is 2. The fourth-order valence-corrected chi connectivity index (χ4v) is 4.31. The number of rotatable bonds is 8. The van der Waals surface area contributed by atoms with E-state index in [-0.39, 0.29) is 0 Å². The number of nitrogens with one attached hydrogen (secondary N) is 2. The van der Waals surface area contributed by atoms with E-state index in [2.05, 4.69) is 82.3 Å². The monoisotopic (exact) mass is 478 g/mol. The van der Waals surface area contributed by atoms with Gasteiger partial charge in [-0.05, 0) is 35.7 Å². The quantitative estimate of drug-likeness (QED) is 0.239. The van der Waals surface area contributed by atoms with Gasteiger partial charge in [0.2, 0.25) is 0 Å². The number of methoxy groups -OCH3 is 2. The third kappa shape index (κ3) is 4.84. The first-order valence-electron chi connectivity index (χ1n) is 11.9. The molecule has 0 radical (unpaired) electrons. The minimum Gasteiger partial charge on any atom is -0.497 e. The number of anilines is 4. The van der Waals surface area contributed by atoms with Crippen molar-refractivity contribution in [2.45, 2.75) is 6.54 Å². The number of benzene rings is 4. The minimum absolute atomic E-state index is 0.545. The highest BCUT2D eigenvalue weighted by atomic mass is 16.5. The molecule has 0 aliphatic carbocycles. The van der Waals surface area contributed by atoms with Gasteiger partial charge in [-0.15, -0.1) is 0 Å². The van der Waals surface area contributed by atoms with Crippen molar-refractivity contribution in [3.8, 4) is 11.5 Å². The van der Waals surface area contributed by atoms with Crippen molar-refractivity contribution >= 4 is 44.4 Å². The normalized spacial score (nSPS) is 10.9. The van der Waals surface area contributed by atoms with Gasteiger partial charge < -0.3 is 25.0 Å². The third-order valence-corrected chi connectivity index (χ3v) is 6.24. The van der Waals surface area contributed by atoms with Gasteiger partial charge in [0.15, 0.2) is 0 Å². The van der Waals surface area contributed by atoms with Gasteiger partial charge in [-0.25, -0.2) is 0 Å². The Morgan fingerprint density at radius 3 is 2.17 bits per heavy atom. The van der Waals surface area contributed by atoms with Crippen LogP contribution in [-0.2, 0) is 6.54 Å². The van der Waals surface area contributed by atoms with E-state index in [9.17, 15) is 0 Å². The van der Waals surface area contributed by atoms with Gasteiger partial charge in [-0.3, -0.25) is 4.98 Å². The molecule has 0 aliphatic heterocycles. The Labute approximate surface area is 211 Å². The summed E-state index contributed by atoms with van der Waals surface area (Å²) in [5.41, 5.74) is 6.00. The summed E-state index contributed by atoms with van der Waals surface area (Å²) in [6, 6.07) is 29.0. The highest BCUT2D eigenvalue weighted by molar-refractivity contribution is 6.09. The second kappa shape index (κ2) is 10.0. The van der Waals surface area contributed by atoms with Crippen LogP contribution in [0.5, 0.6) is 11.5 Å². The van der Waals surface area contributed by atoms with E-state index in [1.807, 2.05) is 32.3 Å². The molecule has 182 valence electrons. The van der Waals surface area contributed by atoms with Gasteiger partial charge in [0, 0.05) is 65.8 Å². The molecule has 0 spiro atoms. The van der Waals surface area contributed by atoms with E-state index in [4.69, 9.17) is 14.5 Å². The van der Waals surface area contributed by atoms with Crippen molar-refractivity contribution in [1.29, 1.82) is 0 Å². The van der Waals surface area contributed by atoms with E-state index in [1.165, 1.54) is 5.39 Å². The Kier molecular flexibility index (Phi) is 6.50. The van der Waals surface area contributed by atoms with Crippen molar-refractivity contribution in [2.75, 3.05) is 43.8 Å². The number of pyridine rings is 1. The van der Waals surface area contributed by atoms with Crippen molar-refractivity contribution in [1.82, 2.24) is 4.98 Å². The molecule has 2 N–H and O–H groups in total. The van der Waals surface area contributed by atoms with Crippen molar-refractivity contribution < 1.29 is 9.47 Å². The molecule has 5 rings (SSSR count). The van der Waals surface area contributed by atoms with Gasteiger partial charge in [0.05, 0.1) is 32.0 Å². The molecule has 0 saturated carbocycles. The molecule has 0 bridgehead atoms. The van der Waals surface area contributed by atoms with Crippen LogP contribution in [0.4, 0.5) is 22.7 Å². The lowest BCUT2D eigenvalue weighted by Gasteiger charge is -2.16. The minimum atomic E-state index is 0.545. The number of hydrogen-bond acceptors (Lipinski definition) is 6. The molecule has 6 heteroatoms. The fourth-order valence-electron chi connectivity index (χ4n) is 4.31. The summed E-state index contributed by atoms with van der Waals surface area (Å²) in [5.74, 6) is 1.47. The summed E-state index contributed by atoms with van der Waals surface area (Å²) in [4.78, 5) is 7.16. The highest BCUT2D eigenvalue weighted by Crippen LogP contribution is 2.33. The first-order valence-corrected chi connectivity index (χ1v) is 11.9. The summed E-state index contributed by atoms with van der Waals surface area (Å²) in [7, 11) is 7.39. The second-order valence-corrected chi connectivity index (χ2v) is 8.87. The van der Waals surface area contributed by atoms with Gasteiger partial charge in [-0.2, -0.15) is 0 Å². The average molecular weight is 479 g/mol. The van der Waals surface area contributed by atoms with Crippen LogP contribution in [0.15, 0.2) is 84.9 Å². The summed E-state index contributed by atoms with van der Waals surface area (Å²) in [6.07, 6.45) is 0. The van der Waals surface area contributed by atoms with Crippen LogP contribution in [-0.4, -0.2) is 33.3 Å². The van der Waals surface area contributed by atoms with Gasteiger partial charge in [-0.1, -0.05) is 36.4 Å². The summed E-state index contributed by atoms with van der Waals surface area (Å²) in [5, 5.41) is 10.5. The SMILES string of the molecule is COc1cc(NCc2cc(Nc3ccc(N(C)C)cc3)c3ccc4ccccc4c3n2)cc(OC)c1. The second-order valence-electron chi connectivity index (χ2n) is 8.87. The molecule has 1 aromatic heterocycles. The van der Waals surface area contributed by atoms with Crippen molar-refractivity contribution in [2.24, 2.45) is 0 Å². The standard InChI is InChI=1S/C30H30N4O2/c1-34(2)24-12-10-21(11-13-24)32-29-17-23(19-31-22-15-25(35-3)18-26(16-22)36-4)33-30-27-8-6-5-7-20(27)9-14-28(29)30/h5-18,31H,19H2,1-4H3,(H,32,33). The van der Waals surface area contributed by atoms with E-state index >= 15 is 0 Å². The predicted octanol–water partition coefficient (Wildman–Crippen LogP) is 6.83. The van der Waals surface area contributed by atoms with Crippen LogP contribution >= 0.6 is 0 Å². The van der Waals surface area contributed by atoms with Crippen LogP contribution in [0.25, 0.3) is 21.7 Å². The molecule has 1 heterocycles. The fraction of sp³-hybridized carbons (Fsp3) is 0.167. The van der Waals surface area contributed by atoms with Gasteiger partial charge >= 0.3 is 0 Å². The lowest BCUT2D eigenvalue weighted by molar-refractivity contribution is 0.394. The molecule has 0 atom stereocenters. The highest BCUT2D eigenvalue weighted by Gasteiger charge is 2.11. The maximum Gasteiger partial charge on any atom is 0.124 e. The molecule has 0 unspecified atom stereocenters. The first kappa shape index (κ1) is 23.3. The smallest absolute Gasteiger partial charge is 0.124 e. The zero-order valence-corrected chi connectivity index (χ0v) is 21.0. The van der Waals surface area contributed by atoms with E-state index < -0.39 is 0 Å². The number of hydrogen-bond donors (Lipinski definition) is 2. The van der Waals surface area contributed by atoms with E-state index in [1.54, 1.807) is 14.2 Å². The Balaban J connectivity index is 1.54. The predicted molar refractivity (Wildman–Crippen MR) is 150 cm³/mol. The molecule has 6 nitrogen and oxygen atoms in total. The first-order chi connectivity index (χ1) is 17.5. The van der Waals surface area contributed by atoms with E-state index in [0.29, 0.717) is 6.54 Å². The Morgan fingerprint density at radius 2 is 1.47 bits per heavy atom. The molecule has 5 aromatic rings. The number of nitrogens with zero attached hydrogens (tertiary/aromatic N) is 2. The summed E-state index contributed by atoms with van der Waals surface area (Å²) in [6.45, 7) is 0.545. The Bertz CT molecular complexity index is 1490. The zero-order chi connectivity index (χ0) is 25.1. The summed E-state index contributed by atoms with van der Waals surface area (Å²) >= 11 is 0. The largest absolute Gasteiger partial charge is 0.497 e. The molecular formula is C30H30N4O2. The van der Waals surface area contributed by atoms with Crippen LogP contribution < -0.4 is 25.0 Å². The molecule has 36 heavy (non-hydrogen) atoms. The van der Waals surface area contributed by atoms with Crippen LogP contribution in [0.2, 0.25) is 0 Å². The molecule has 0 fully saturated rings. The molecule has 0 saturated heterocycles. The third-order valence-electron chi connectivity index (χ3n) is 6.24.